The summed E-state index contributed by atoms with van der Waals surface area (Å²) < 4.78 is 32.7. The zero-order valence-corrected chi connectivity index (χ0v) is 18.2. The molecule has 1 aliphatic rings. The van der Waals surface area contributed by atoms with E-state index < -0.39 is 53.4 Å². The van der Waals surface area contributed by atoms with E-state index in [1.807, 2.05) is 4.98 Å². The first-order valence-electron chi connectivity index (χ1n) is 10.1. The van der Waals surface area contributed by atoms with Crippen LogP contribution in [-0.2, 0) is 14.2 Å². The van der Waals surface area contributed by atoms with Gasteiger partial charge in [-0.3, -0.25) is 14.3 Å². The lowest BCUT2D eigenvalue weighted by molar-refractivity contribution is -0.0601. The largest absolute Gasteiger partial charge is 0.459 e. The van der Waals surface area contributed by atoms with Crippen LogP contribution in [0.2, 0.25) is 0 Å². The summed E-state index contributed by atoms with van der Waals surface area (Å²) in [4.78, 5) is 50.6. The Kier molecular flexibility index (Phi) is 6.62. The first-order valence-corrected chi connectivity index (χ1v) is 10.5. The van der Waals surface area contributed by atoms with Gasteiger partial charge >= 0.3 is 17.6 Å². The van der Waals surface area contributed by atoms with Crippen molar-refractivity contribution in [3.8, 4) is 0 Å². The molecule has 0 bridgehead atoms. The van der Waals surface area contributed by atoms with Gasteiger partial charge in [0.05, 0.1) is 11.1 Å². The van der Waals surface area contributed by atoms with Crippen molar-refractivity contribution in [1.29, 1.82) is 0 Å². The molecule has 11 heteroatoms. The lowest BCUT2D eigenvalue weighted by Crippen LogP contribution is -2.44. The molecule has 4 atom stereocenters. The van der Waals surface area contributed by atoms with Crippen molar-refractivity contribution in [2.24, 2.45) is 0 Å². The highest BCUT2D eigenvalue weighted by molar-refractivity contribution is 6.23. The number of alkyl halides is 2. The number of aromatic amines is 1. The minimum atomic E-state index is -2.95. The quantitative estimate of drug-likeness (QED) is 0.418. The Morgan fingerprint density at radius 3 is 2.18 bits per heavy atom. The van der Waals surface area contributed by atoms with Crippen LogP contribution in [0.3, 0.4) is 0 Å². The molecule has 34 heavy (non-hydrogen) atoms. The molecular formula is C23H18ClFN2O7. The molecule has 1 aromatic heterocycles. The van der Waals surface area contributed by atoms with Crippen molar-refractivity contribution >= 4 is 23.5 Å². The monoisotopic (exact) mass is 488 g/mol. The van der Waals surface area contributed by atoms with Gasteiger partial charge in [0.15, 0.2) is 12.3 Å². The number of hydrogen-bond donors (Lipinski definition) is 1. The second kappa shape index (κ2) is 9.62. The first kappa shape index (κ1) is 23.4. The van der Waals surface area contributed by atoms with E-state index in [1.165, 1.54) is 24.3 Å². The van der Waals surface area contributed by atoms with Crippen LogP contribution in [0.4, 0.5) is 4.39 Å². The second-order valence-corrected chi connectivity index (χ2v) is 7.95. The molecule has 1 N–H and O–H groups in total. The molecule has 0 spiro atoms. The van der Waals surface area contributed by atoms with E-state index in [9.17, 15) is 19.2 Å². The molecule has 176 valence electrons. The van der Waals surface area contributed by atoms with Crippen molar-refractivity contribution < 1.29 is 28.2 Å². The summed E-state index contributed by atoms with van der Waals surface area (Å²) in [6, 6.07) is 16.8. The minimum Gasteiger partial charge on any atom is -0.459 e. The smallest absolute Gasteiger partial charge is 0.338 e. The van der Waals surface area contributed by atoms with E-state index in [2.05, 4.69) is 0 Å². The van der Waals surface area contributed by atoms with E-state index in [0.717, 1.165) is 16.8 Å². The average molecular weight is 489 g/mol. The fourth-order valence-corrected chi connectivity index (χ4v) is 3.77. The van der Waals surface area contributed by atoms with Crippen molar-refractivity contribution in [3.63, 3.8) is 0 Å². The fourth-order valence-electron chi connectivity index (χ4n) is 3.43. The van der Waals surface area contributed by atoms with Crippen LogP contribution in [-0.4, -0.2) is 45.4 Å². The summed E-state index contributed by atoms with van der Waals surface area (Å²) in [5.41, 5.74) is -1.34. The van der Waals surface area contributed by atoms with Crippen LogP contribution in [0.25, 0.3) is 0 Å². The molecule has 0 aliphatic carbocycles. The molecule has 2 aromatic carbocycles. The predicted octanol–water partition coefficient (Wildman–Crippen LogP) is 2.42. The van der Waals surface area contributed by atoms with Crippen LogP contribution in [0.1, 0.15) is 26.9 Å². The summed E-state index contributed by atoms with van der Waals surface area (Å²) in [7, 11) is 0. The number of carbonyl (C=O) groups is 2. The molecule has 0 amide bonds. The fraction of sp³-hybridized carbons (Fsp3) is 0.217. The standard InChI is InChI=1S/C23H18ClFN2O7/c24-23(25)18(34-20(30)15-9-5-2-6-10-15)16(13-32-19(29)14-7-3-1-4-8-14)33-21(23)27-12-11-17(28)26-22(27)31/h1-12,16,18,21H,13H2,(H,26,28,31)/t16-,18-,21-,23-/m1/s1. The minimum absolute atomic E-state index is 0.125. The van der Waals surface area contributed by atoms with Crippen molar-refractivity contribution in [2.45, 2.75) is 23.6 Å². The number of benzene rings is 2. The Morgan fingerprint density at radius 2 is 1.59 bits per heavy atom. The number of esters is 2. The van der Waals surface area contributed by atoms with Crippen LogP contribution in [0.5, 0.6) is 0 Å². The topological polar surface area (TPSA) is 117 Å². The number of H-pyrrole nitrogens is 1. The van der Waals surface area contributed by atoms with Crippen molar-refractivity contribution in [1.82, 2.24) is 9.55 Å². The molecule has 4 rings (SSSR count). The molecule has 1 aliphatic heterocycles. The summed E-state index contributed by atoms with van der Waals surface area (Å²) in [6.07, 6.45) is -3.94. The number of halogens is 2. The van der Waals surface area contributed by atoms with Crippen LogP contribution >= 0.6 is 11.6 Å². The molecule has 0 radical (unpaired) electrons. The number of ether oxygens (including phenoxy) is 3. The van der Waals surface area contributed by atoms with Crippen molar-refractivity contribution in [2.75, 3.05) is 6.61 Å². The Morgan fingerprint density at radius 1 is 1.00 bits per heavy atom. The molecule has 1 fully saturated rings. The number of carbonyl (C=O) groups excluding carboxylic acids is 2. The highest BCUT2D eigenvalue weighted by Gasteiger charge is 2.61. The van der Waals surface area contributed by atoms with Gasteiger partial charge in [0, 0.05) is 12.3 Å². The molecular weight excluding hydrogens is 471 g/mol. The van der Waals surface area contributed by atoms with Gasteiger partial charge in [-0.25, -0.2) is 18.8 Å². The maximum atomic E-state index is 15.9. The molecule has 3 aromatic rings. The number of nitrogens with one attached hydrogen (secondary N) is 1. The van der Waals surface area contributed by atoms with E-state index in [1.54, 1.807) is 36.4 Å². The average Bonchev–Trinajstić information content (AvgIpc) is 3.08. The SMILES string of the molecule is O=C(OC[C@H]1O[C@@H](n2ccc(=O)[nH]c2=O)[C@@](F)(Cl)[C@@H]1OC(=O)c1ccccc1)c1ccccc1. The zero-order valence-electron chi connectivity index (χ0n) is 17.4. The Hall–Kier alpha value is -3.76. The Balaban J connectivity index is 1.62. The molecule has 1 saturated heterocycles. The van der Waals surface area contributed by atoms with Gasteiger partial charge in [-0.2, -0.15) is 0 Å². The Bertz CT molecular complexity index is 1290. The summed E-state index contributed by atoms with van der Waals surface area (Å²) >= 11 is 6.14. The van der Waals surface area contributed by atoms with Gasteiger partial charge in [0.25, 0.3) is 10.7 Å². The second-order valence-electron chi connectivity index (χ2n) is 7.38. The normalized spacial score (nSPS) is 23.9. The van der Waals surface area contributed by atoms with Gasteiger partial charge in [-0.1, -0.05) is 48.0 Å². The van der Waals surface area contributed by atoms with Crippen LogP contribution in [0, 0.1) is 0 Å². The Labute approximate surface area is 196 Å². The highest BCUT2D eigenvalue weighted by Crippen LogP contribution is 2.46. The maximum Gasteiger partial charge on any atom is 0.338 e. The van der Waals surface area contributed by atoms with Gasteiger partial charge < -0.3 is 14.2 Å². The first-order chi connectivity index (χ1) is 16.3. The molecule has 9 nitrogen and oxygen atoms in total. The van der Waals surface area contributed by atoms with E-state index in [4.69, 9.17) is 25.8 Å². The van der Waals surface area contributed by atoms with Gasteiger partial charge in [0.2, 0.25) is 0 Å². The van der Waals surface area contributed by atoms with Crippen LogP contribution in [0.15, 0.2) is 82.5 Å². The van der Waals surface area contributed by atoms with Crippen LogP contribution < -0.4 is 11.2 Å². The zero-order chi connectivity index (χ0) is 24.3. The van der Waals surface area contributed by atoms with E-state index in [-0.39, 0.29) is 11.1 Å². The van der Waals surface area contributed by atoms with Crippen molar-refractivity contribution in [3.05, 3.63) is 105 Å². The van der Waals surface area contributed by atoms with E-state index >= 15 is 4.39 Å². The molecule has 0 unspecified atom stereocenters. The summed E-state index contributed by atoms with van der Waals surface area (Å²) in [6.45, 7) is -0.534. The van der Waals surface area contributed by atoms with Gasteiger partial charge in [-0.15, -0.1) is 0 Å². The number of hydrogen-bond acceptors (Lipinski definition) is 7. The highest BCUT2D eigenvalue weighted by atomic mass is 35.5. The number of aromatic nitrogens is 2. The lowest BCUT2D eigenvalue weighted by atomic mass is 10.1. The summed E-state index contributed by atoms with van der Waals surface area (Å²) in [5.74, 6) is -1.62. The van der Waals surface area contributed by atoms with Gasteiger partial charge in [-0.05, 0) is 24.3 Å². The number of rotatable bonds is 6. The summed E-state index contributed by atoms with van der Waals surface area (Å²) in [5, 5.41) is -2.95. The lowest BCUT2D eigenvalue weighted by Gasteiger charge is -2.25. The predicted molar refractivity (Wildman–Crippen MR) is 117 cm³/mol. The molecule has 0 saturated carbocycles. The third-order valence-corrected chi connectivity index (χ3v) is 5.49. The number of nitrogens with zero attached hydrogens (tertiary/aromatic N) is 1. The third kappa shape index (κ3) is 4.78. The maximum absolute atomic E-state index is 15.9. The molecule has 2 heterocycles. The van der Waals surface area contributed by atoms with E-state index in [0.29, 0.717) is 0 Å². The third-order valence-electron chi connectivity index (χ3n) is 5.09. The van der Waals surface area contributed by atoms with Gasteiger partial charge in [0.1, 0.15) is 12.7 Å².